The third-order valence-corrected chi connectivity index (χ3v) is 6.86. The lowest BCUT2D eigenvalue weighted by Gasteiger charge is -2.19. The van der Waals surface area contributed by atoms with Crippen molar-refractivity contribution in [1.82, 2.24) is 4.72 Å². The standard InChI is InChI=1S/C22H24ClFN2O2S/c1-22(2,28)12-9-13(24)11-14(10-12)29-26-21(27)25-20-17-7-3-5-15(17)19(23)16-6-4-8-18(16)20/h9-11,28H,3-8H2,1-2H3,(H2,25,26,27). The number of rotatable bonds is 4. The summed E-state index contributed by atoms with van der Waals surface area (Å²) in [6.45, 7) is 3.19. The van der Waals surface area contributed by atoms with E-state index in [1.807, 2.05) is 0 Å². The number of hydrogen-bond donors (Lipinski definition) is 3. The predicted octanol–water partition coefficient (Wildman–Crippen LogP) is 5.51. The zero-order chi connectivity index (χ0) is 20.8. The SMILES string of the molecule is CC(C)(O)c1cc(F)cc(SNC(=O)Nc2c3c(c(Cl)c4c2CCC4)CCC3)c1. The third kappa shape index (κ3) is 4.11. The molecule has 0 aromatic heterocycles. The Hall–Kier alpha value is -1.76. The number of fused-ring (bicyclic) bond motifs is 2. The van der Waals surface area contributed by atoms with Crippen molar-refractivity contribution in [3.63, 3.8) is 0 Å². The van der Waals surface area contributed by atoms with Gasteiger partial charge in [-0.15, -0.1) is 0 Å². The van der Waals surface area contributed by atoms with Gasteiger partial charge in [-0.25, -0.2) is 9.18 Å². The largest absolute Gasteiger partial charge is 0.386 e. The van der Waals surface area contributed by atoms with Crippen LogP contribution >= 0.6 is 23.5 Å². The molecule has 0 saturated heterocycles. The first-order chi connectivity index (χ1) is 13.7. The van der Waals surface area contributed by atoms with Gasteiger partial charge in [-0.05, 0) is 110 Å². The minimum absolute atomic E-state index is 0.352. The maximum atomic E-state index is 13.9. The van der Waals surface area contributed by atoms with Crippen LogP contribution in [0.25, 0.3) is 0 Å². The molecule has 29 heavy (non-hydrogen) atoms. The molecule has 4 nitrogen and oxygen atoms in total. The van der Waals surface area contributed by atoms with Crippen LogP contribution in [0.3, 0.4) is 0 Å². The van der Waals surface area contributed by atoms with Gasteiger partial charge >= 0.3 is 6.03 Å². The third-order valence-electron chi connectivity index (χ3n) is 5.65. The lowest BCUT2D eigenvalue weighted by Crippen LogP contribution is -2.24. The molecule has 0 spiro atoms. The molecule has 0 fully saturated rings. The Morgan fingerprint density at radius 2 is 1.66 bits per heavy atom. The normalized spacial score (nSPS) is 15.2. The van der Waals surface area contributed by atoms with E-state index in [1.165, 1.54) is 23.3 Å². The number of amides is 2. The first kappa shape index (κ1) is 20.5. The van der Waals surface area contributed by atoms with E-state index in [1.54, 1.807) is 19.9 Å². The minimum atomic E-state index is -1.16. The summed E-state index contributed by atoms with van der Waals surface area (Å²) in [6.07, 6.45) is 5.84. The molecule has 4 rings (SSSR count). The van der Waals surface area contributed by atoms with Crippen LogP contribution in [0.1, 0.15) is 54.5 Å². The van der Waals surface area contributed by atoms with E-state index in [9.17, 15) is 14.3 Å². The summed E-state index contributed by atoms with van der Waals surface area (Å²) >= 11 is 7.65. The van der Waals surface area contributed by atoms with Crippen molar-refractivity contribution in [3.8, 4) is 0 Å². The molecule has 0 unspecified atom stereocenters. The molecule has 7 heteroatoms. The van der Waals surface area contributed by atoms with Crippen LogP contribution in [0, 0.1) is 5.82 Å². The highest BCUT2D eigenvalue weighted by Crippen LogP contribution is 2.44. The van der Waals surface area contributed by atoms with E-state index in [4.69, 9.17) is 11.6 Å². The maximum absolute atomic E-state index is 13.9. The van der Waals surface area contributed by atoms with Crippen molar-refractivity contribution in [2.24, 2.45) is 0 Å². The lowest BCUT2D eigenvalue weighted by atomic mass is 9.98. The van der Waals surface area contributed by atoms with E-state index in [0.29, 0.717) is 10.5 Å². The number of aliphatic hydroxyl groups is 1. The number of hydrogen-bond acceptors (Lipinski definition) is 3. The number of carbonyl (C=O) groups is 1. The van der Waals surface area contributed by atoms with E-state index in [2.05, 4.69) is 10.0 Å². The summed E-state index contributed by atoms with van der Waals surface area (Å²) in [5, 5.41) is 14.0. The Balaban J connectivity index is 1.52. The highest BCUT2D eigenvalue weighted by atomic mass is 35.5. The van der Waals surface area contributed by atoms with Gasteiger partial charge < -0.3 is 10.4 Å². The number of carbonyl (C=O) groups excluding carboxylic acids is 1. The Labute approximate surface area is 179 Å². The molecule has 2 amide bonds. The second-order valence-electron chi connectivity index (χ2n) is 8.20. The predicted molar refractivity (Wildman–Crippen MR) is 115 cm³/mol. The van der Waals surface area contributed by atoms with Crippen LogP contribution < -0.4 is 10.0 Å². The second-order valence-corrected chi connectivity index (χ2v) is 9.46. The van der Waals surface area contributed by atoms with Gasteiger partial charge in [0.15, 0.2) is 0 Å². The van der Waals surface area contributed by atoms with Gasteiger partial charge in [0.2, 0.25) is 0 Å². The number of urea groups is 1. The first-order valence-electron chi connectivity index (χ1n) is 9.86. The molecule has 0 radical (unpaired) electrons. The van der Waals surface area contributed by atoms with Crippen LogP contribution in [-0.4, -0.2) is 11.1 Å². The van der Waals surface area contributed by atoms with Gasteiger partial charge in [-0.1, -0.05) is 11.6 Å². The van der Waals surface area contributed by atoms with E-state index >= 15 is 0 Å². The summed E-state index contributed by atoms with van der Waals surface area (Å²) in [6, 6.07) is 3.95. The van der Waals surface area contributed by atoms with Crippen molar-refractivity contribution >= 4 is 35.3 Å². The fraction of sp³-hybridized carbons (Fsp3) is 0.409. The van der Waals surface area contributed by atoms with Crippen molar-refractivity contribution in [1.29, 1.82) is 0 Å². The molecular weight excluding hydrogens is 411 g/mol. The first-order valence-corrected chi connectivity index (χ1v) is 11.1. The van der Waals surface area contributed by atoms with Gasteiger partial charge in [-0.2, -0.15) is 0 Å². The summed E-state index contributed by atoms with van der Waals surface area (Å²) in [7, 11) is 0. The number of nitrogens with one attached hydrogen (secondary N) is 2. The fourth-order valence-corrected chi connectivity index (χ4v) is 5.29. The monoisotopic (exact) mass is 434 g/mol. The molecule has 2 aliphatic carbocycles. The van der Waals surface area contributed by atoms with Gasteiger partial charge in [0.05, 0.1) is 5.60 Å². The summed E-state index contributed by atoms with van der Waals surface area (Å²) in [5.74, 6) is -0.456. The number of anilines is 1. The molecule has 0 bridgehead atoms. The Morgan fingerprint density at radius 3 is 2.24 bits per heavy atom. The molecular formula is C22H24ClFN2O2S. The zero-order valence-electron chi connectivity index (χ0n) is 16.5. The average Bonchev–Trinajstić information content (AvgIpc) is 3.32. The smallest absolute Gasteiger partial charge is 0.329 e. The zero-order valence-corrected chi connectivity index (χ0v) is 18.1. The quantitative estimate of drug-likeness (QED) is 0.556. The van der Waals surface area contributed by atoms with Gasteiger partial charge in [-0.3, -0.25) is 4.72 Å². The summed E-state index contributed by atoms with van der Waals surface area (Å²) < 4.78 is 16.6. The topological polar surface area (TPSA) is 61.4 Å². The molecule has 0 saturated carbocycles. The highest BCUT2D eigenvalue weighted by molar-refractivity contribution is 7.98. The van der Waals surface area contributed by atoms with Crippen molar-refractivity contribution < 1.29 is 14.3 Å². The van der Waals surface area contributed by atoms with Crippen molar-refractivity contribution in [2.75, 3.05) is 5.32 Å². The Morgan fingerprint density at radius 1 is 1.07 bits per heavy atom. The lowest BCUT2D eigenvalue weighted by molar-refractivity contribution is 0.0780. The van der Waals surface area contributed by atoms with Crippen LogP contribution in [-0.2, 0) is 31.3 Å². The molecule has 3 N–H and O–H groups in total. The summed E-state index contributed by atoms with van der Waals surface area (Å²) in [5.41, 5.74) is 4.87. The van der Waals surface area contributed by atoms with E-state index in [-0.39, 0.29) is 6.03 Å². The molecule has 0 heterocycles. The molecule has 0 aliphatic heterocycles. The number of halogens is 2. The molecule has 2 aromatic rings. The number of benzene rings is 2. The van der Waals surface area contributed by atoms with E-state index in [0.717, 1.165) is 72.3 Å². The van der Waals surface area contributed by atoms with Crippen LogP contribution in [0.5, 0.6) is 0 Å². The Kier molecular flexibility index (Phi) is 5.53. The molecule has 0 atom stereocenters. The average molecular weight is 435 g/mol. The minimum Gasteiger partial charge on any atom is -0.386 e. The Bertz CT molecular complexity index is 953. The van der Waals surface area contributed by atoms with Crippen LogP contribution in [0.15, 0.2) is 23.1 Å². The van der Waals surface area contributed by atoms with Crippen LogP contribution in [0.4, 0.5) is 14.9 Å². The maximum Gasteiger partial charge on any atom is 0.329 e. The fourth-order valence-electron chi connectivity index (χ4n) is 4.26. The van der Waals surface area contributed by atoms with Gasteiger partial charge in [0.25, 0.3) is 0 Å². The molecule has 2 aromatic carbocycles. The second kappa shape index (κ2) is 7.82. The van der Waals surface area contributed by atoms with Crippen molar-refractivity contribution in [2.45, 2.75) is 62.9 Å². The van der Waals surface area contributed by atoms with Gasteiger partial charge in [0.1, 0.15) is 5.82 Å². The van der Waals surface area contributed by atoms with Gasteiger partial charge in [0, 0.05) is 15.6 Å². The highest BCUT2D eigenvalue weighted by Gasteiger charge is 2.28. The summed E-state index contributed by atoms with van der Waals surface area (Å²) in [4.78, 5) is 13.1. The van der Waals surface area contributed by atoms with Crippen molar-refractivity contribution in [3.05, 3.63) is 56.9 Å². The molecule has 154 valence electrons. The van der Waals surface area contributed by atoms with E-state index < -0.39 is 11.4 Å². The molecule has 2 aliphatic rings. The van der Waals surface area contributed by atoms with Crippen LogP contribution in [0.2, 0.25) is 5.02 Å².